The van der Waals surface area contributed by atoms with Gasteiger partial charge in [-0.15, -0.1) is 0 Å². The fourth-order valence-electron chi connectivity index (χ4n) is 0.817. The molecule has 1 aromatic rings. The molecule has 0 fully saturated rings. The monoisotopic (exact) mass is 177 g/mol. The highest BCUT2D eigenvalue weighted by molar-refractivity contribution is 6.31. The Balaban J connectivity index is 3.24. The maximum absolute atomic E-state index is 8.61. The number of halogens is 1. The van der Waals surface area contributed by atoms with E-state index < -0.39 is 0 Å². The van der Waals surface area contributed by atoms with Gasteiger partial charge in [-0.3, -0.25) is 4.98 Å². The molecule has 0 amide bonds. The van der Waals surface area contributed by atoms with Gasteiger partial charge in [0.05, 0.1) is 23.1 Å². The summed E-state index contributed by atoms with van der Waals surface area (Å²) in [6.07, 6.45) is 2.97. The summed E-state index contributed by atoms with van der Waals surface area (Å²) in [5.41, 5.74) is 0.917. The number of pyridine rings is 1. The molecule has 0 aliphatic carbocycles. The molecule has 0 aliphatic heterocycles. The van der Waals surface area contributed by atoms with E-state index >= 15 is 0 Å². The molecular weight excluding hydrogens is 174 g/mol. The fraction of sp³-hybridized carbons (Fsp3) is 0.125. The molecule has 3 nitrogen and oxygen atoms in total. The first kappa shape index (κ1) is 8.52. The molecule has 1 rings (SSSR count). The minimum Gasteiger partial charge on any atom is -0.262 e. The first-order valence-corrected chi connectivity index (χ1v) is 3.57. The second-order valence-electron chi connectivity index (χ2n) is 2.09. The Morgan fingerprint density at radius 2 is 2.17 bits per heavy atom. The summed E-state index contributed by atoms with van der Waals surface area (Å²) in [5.74, 6) is 0. The van der Waals surface area contributed by atoms with Crippen LogP contribution in [0.4, 0.5) is 0 Å². The van der Waals surface area contributed by atoms with Gasteiger partial charge in [-0.25, -0.2) is 0 Å². The molecule has 0 radical (unpaired) electrons. The quantitative estimate of drug-likeness (QED) is 0.656. The van der Waals surface area contributed by atoms with Crippen LogP contribution in [0, 0.1) is 22.7 Å². The molecule has 0 aliphatic rings. The molecule has 0 saturated heterocycles. The van der Waals surface area contributed by atoms with Crippen LogP contribution >= 0.6 is 11.6 Å². The van der Waals surface area contributed by atoms with E-state index in [9.17, 15) is 0 Å². The molecule has 12 heavy (non-hydrogen) atoms. The van der Waals surface area contributed by atoms with Gasteiger partial charge in [-0.1, -0.05) is 11.6 Å². The van der Waals surface area contributed by atoms with E-state index in [0.29, 0.717) is 16.1 Å². The molecule has 1 heterocycles. The zero-order valence-corrected chi connectivity index (χ0v) is 6.84. The van der Waals surface area contributed by atoms with Crippen LogP contribution in [0.5, 0.6) is 0 Å². The zero-order valence-electron chi connectivity index (χ0n) is 6.08. The Labute approximate surface area is 74.8 Å². The summed E-state index contributed by atoms with van der Waals surface area (Å²) in [4.78, 5) is 3.73. The Morgan fingerprint density at radius 3 is 2.75 bits per heavy atom. The van der Waals surface area contributed by atoms with Crippen molar-refractivity contribution in [3.63, 3.8) is 0 Å². The van der Waals surface area contributed by atoms with Gasteiger partial charge in [0.2, 0.25) is 0 Å². The van der Waals surface area contributed by atoms with E-state index in [-0.39, 0.29) is 6.42 Å². The minimum absolute atomic E-state index is 0.143. The lowest BCUT2D eigenvalue weighted by molar-refractivity contribution is 1.19. The van der Waals surface area contributed by atoms with Crippen LogP contribution < -0.4 is 0 Å². The van der Waals surface area contributed by atoms with Gasteiger partial charge in [0.25, 0.3) is 0 Å². The summed E-state index contributed by atoms with van der Waals surface area (Å²) >= 11 is 5.72. The van der Waals surface area contributed by atoms with E-state index in [2.05, 4.69) is 4.98 Å². The van der Waals surface area contributed by atoms with Gasteiger partial charge >= 0.3 is 0 Å². The van der Waals surface area contributed by atoms with Crippen LogP contribution in [0.1, 0.15) is 11.1 Å². The zero-order chi connectivity index (χ0) is 8.97. The van der Waals surface area contributed by atoms with Crippen LogP contribution in [0.25, 0.3) is 0 Å². The standard InChI is InChI=1S/C8H4ClN3/c9-8-5-12-4-6(3-11)7(8)1-2-10/h4-5H,1H2. The van der Waals surface area contributed by atoms with Crippen molar-refractivity contribution in [3.8, 4) is 12.1 Å². The molecule has 0 bridgehead atoms. The Morgan fingerprint density at radius 1 is 1.42 bits per heavy atom. The number of hydrogen-bond acceptors (Lipinski definition) is 3. The normalized spacial score (nSPS) is 8.58. The first-order chi connectivity index (χ1) is 5.79. The third kappa shape index (κ3) is 1.53. The molecule has 0 aromatic carbocycles. The van der Waals surface area contributed by atoms with Gasteiger partial charge in [0.15, 0.2) is 0 Å². The minimum atomic E-state index is 0.143. The summed E-state index contributed by atoms with van der Waals surface area (Å²) in [5, 5.41) is 17.4. The molecule has 0 spiro atoms. The molecule has 58 valence electrons. The van der Waals surface area contributed by atoms with Crippen molar-refractivity contribution >= 4 is 11.6 Å². The van der Waals surface area contributed by atoms with Gasteiger partial charge in [-0.05, 0) is 0 Å². The Kier molecular flexibility index (Phi) is 2.63. The van der Waals surface area contributed by atoms with Gasteiger partial charge < -0.3 is 0 Å². The number of nitrogens with zero attached hydrogens (tertiary/aromatic N) is 3. The lowest BCUT2D eigenvalue weighted by Gasteiger charge is -1.99. The van der Waals surface area contributed by atoms with Crippen LogP contribution in [0.15, 0.2) is 12.4 Å². The summed E-state index contributed by atoms with van der Waals surface area (Å²) < 4.78 is 0. The number of nitriles is 2. The Hall–Kier alpha value is -1.58. The molecule has 1 aromatic heterocycles. The number of aromatic nitrogens is 1. The Bertz CT molecular complexity index is 373. The van der Waals surface area contributed by atoms with Gasteiger partial charge in [-0.2, -0.15) is 10.5 Å². The summed E-state index contributed by atoms with van der Waals surface area (Å²) in [6.45, 7) is 0. The molecule has 0 N–H and O–H groups in total. The van der Waals surface area contributed by atoms with Crippen molar-refractivity contribution in [3.05, 3.63) is 28.5 Å². The average Bonchev–Trinajstić information content (AvgIpc) is 2.09. The molecule has 0 unspecified atom stereocenters. The predicted molar refractivity (Wildman–Crippen MR) is 43.3 cm³/mol. The average molecular weight is 178 g/mol. The SMILES string of the molecule is N#CCc1c(Cl)cncc1C#N. The maximum atomic E-state index is 8.61. The van der Waals surface area contributed by atoms with Gasteiger partial charge in [0, 0.05) is 18.0 Å². The van der Waals surface area contributed by atoms with Crippen LogP contribution in [-0.2, 0) is 6.42 Å². The predicted octanol–water partition coefficient (Wildman–Crippen LogP) is 1.67. The van der Waals surface area contributed by atoms with Gasteiger partial charge in [0.1, 0.15) is 6.07 Å². The van der Waals surface area contributed by atoms with E-state index in [4.69, 9.17) is 22.1 Å². The summed E-state index contributed by atoms with van der Waals surface area (Å²) in [7, 11) is 0. The highest BCUT2D eigenvalue weighted by Gasteiger charge is 2.05. The molecule has 0 saturated carbocycles. The van der Waals surface area contributed by atoms with Crippen LogP contribution in [-0.4, -0.2) is 4.98 Å². The first-order valence-electron chi connectivity index (χ1n) is 3.19. The van der Waals surface area contributed by atoms with Crippen molar-refractivity contribution in [1.29, 1.82) is 10.5 Å². The van der Waals surface area contributed by atoms with Crippen molar-refractivity contribution < 1.29 is 0 Å². The number of rotatable bonds is 1. The second-order valence-corrected chi connectivity index (χ2v) is 2.50. The highest BCUT2D eigenvalue weighted by Crippen LogP contribution is 2.17. The smallest absolute Gasteiger partial charge is 0.101 e. The van der Waals surface area contributed by atoms with E-state index in [1.165, 1.54) is 12.4 Å². The summed E-state index contributed by atoms with van der Waals surface area (Å²) in [6, 6.07) is 3.86. The van der Waals surface area contributed by atoms with Crippen molar-refractivity contribution in [2.24, 2.45) is 0 Å². The van der Waals surface area contributed by atoms with Crippen molar-refractivity contribution in [2.75, 3.05) is 0 Å². The maximum Gasteiger partial charge on any atom is 0.101 e. The second kappa shape index (κ2) is 3.71. The van der Waals surface area contributed by atoms with Crippen molar-refractivity contribution in [1.82, 2.24) is 4.98 Å². The molecule has 0 atom stereocenters. The third-order valence-corrected chi connectivity index (χ3v) is 1.71. The van der Waals surface area contributed by atoms with Crippen LogP contribution in [0.3, 0.4) is 0 Å². The third-order valence-electron chi connectivity index (χ3n) is 1.38. The molecular formula is C8H4ClN3. The highest BCUT2D eigenvalue weighted by atomic mass is 35.5. The lowest BCUT2D eigenvalue weighted by Crippen LogP contribution is -1.91. The van der Waals surface area contributed by atoms with E-state index in [0.717, 1.165) is 0 Å². The van der Waals surface area contributed by atoms with E-state index in [1.807, 2.05) is 12.1 Å². The van der Waals surface area contributed by atoms with E-state index in [1.54, 1.807) is 0 Å². The largest absolute Gasteiger partial charge is 0.262 e. The van der Waals surface area contributed by atoms with Crippen molar-refractivity contribution in [2.45, 2.75) is 6.42 Å². The molecule has 4 heteroatoms. The topological polar surface area (TPSA) is 60.5 Å². The van der Waals surface area contributed by atoms with Crippen LogP contribution in [0.2, 0.25) is 5.02 Å². The fourth-order valence-corrected chi connectivity index (χ4v) is 1.04. The lowest BCUT2D eigenvalue weighted by atomic mass is 10.1. The number of hydrogen-bond donors (Lipinski definition) is 0.